The van der Waals surface area contributed by atoms with Gasteiger partial charge in [0.1, 0.15) is 0 Å². The fraction of sp³-hybridized carbons (Fsp3) is 0.0500. The fourth-order valence-corrected chi connectivity index (χ4v) is 3.17. The van der Waals surface area contributed by atoms with E-state index in [2.05, 4.69) is 42.9 Å². The van der Waals surface area contributed by atoms with E-state index < -0.39 is 0 Å². The van der Waals surface area contributed by atoms with Crippen LogP contribution in [0.2, 0.25) is 0 Å². The van der Waals surface area contributed by atoms with Crippen LogP contribution in [-0.4, -0.2) is 20.9 Å². The number of nitrogens with one attached hydrogen (secondary N) is 2. The largest absolute Gasteiger partial charge is 0.437 e. The van der Waals surface area contributed by atoms with Gasteiger partial charge in [-0.15, -0.1) is 0 Å². The van der Waals surface area contributed by atoms with Gasteiger partial charge in [0.2, 0.25) is 5.88 Å². The summed E-state index contributed by atoms with van der Waals surface area (Å²) in [5.41, 5.74) is 2.89. The molecule has 1 amide bonds. The zero-order chi connectivity index (χ0) is 18.8. The Kier molecular flexibility index (Phi) is 4.76. The Morgan fingerprint density at radius 1 is 1.19 bits per heavy atom. The number of anilines is 1. The highest BCUT2D eigenvalue weighted by atomic mass is 127. The number of aromatic nitrogens is 3. The van der Waals surface area contributed by atoms with Gasteiger partial charge in [-0.3, -0.25) is 9.78 Å². The second-order valence-electron chi connectivity index (χ2n) is 5.92. The van der Waals surface area contributed by atoms with Gasteiger partial charge in [0.15, 0.2) is 5.75 Å². The van der Waals surface area contributed by atoms with E-state index in [1.165, 1.54) is 0 Å². The minimum Gasteiger partial charge on any atom is -0.437 e. The SMILES string of the molecule is Cc1ncccc1Oc1ccc(NC(=O)c2c[nH]c3ccc(I)cc23)cn1. The molecule has 0 spiro atoms. The van der Waals surface area contributed by atoms with Crippen molar-refractivity contribution < 1.29 is 9.53 Å². The van der Waals surface area contributed by atoms with Crippen molar-refractivity contribution in [2.45, 2.75) is 6.92 Å². The molecule has 0 aliphatic carbocycles. The lowest BCUT2D eigenvalue weighted by Gasteiger charge is -2.08. The van der Waals surface area contributed by atoms with Gasteiger partial charge in [0.25, 0.3) is 5.91 Å². The van der Waals surface area contributed by atoms with E-state index in [-0.39, 0.29) is 5.91 Å². The van der Waals surface area contributed by atoms with Gasteiger partial charge in [-0.05, 0) is 65.9 Å². The summed E-state index contributed by atoms with van der Waals surface area (Å²) >= 11 is 2.23. The third kappa shape index (κ3) is 3.77. The number of hydrogen-bond donors (Lipinski definition) is 2. The normalized spacial score (nSPS) is 10.7. The van der Waals surface area contributed by atoms with Crippen molar-refractivity contribution >= 4 is 45.1 Å². The summed E-state index contributed by atoms with van der Waals surface area (Å²) in [4.78, 5) is 24.2. The lowest BCUT2D eigenvalue weighted by atomic mass is 10.1. The number of hydrogen-bond acceptors (Lipinski definition) is 4. The maximum absolute atomic E-state index is 12.6. The number of carbonyl (C=O) groups excluding carboxylic acids is 1. The van der Waals surface area contributed by atoms with Crippen LogP contribution in [0.3, 0.4) is 0 Å². The molecule has 0 aliphatic rings. The van der Waals surface area contributed by atoms with Crippen molar-refractivity contribution in [3.63, 3.8) is 0 Å². The summed E-state index contributed by atoms with van der Waals surface area (Å²) < 4.78 is 6.79. The van der Waals surface area contributed by atoms with Crippen LogP contribution in [-0.2, 0) is 0 Å². The summed E-state index contributed by atoms with van der Waals surface area (Å²) in [5, 5.41) is 3.75. The van der Waals surface area contributed by atoms with E-state index >= 15 is 0 Å². The Morgan fingerprint density at radius 2 is 2.07 bits per heavy atom. The highest BCUT2D eigenvalue weighted by molar-refractivity contribution is 14.1. The molecular formula is C20H15IN4O2. The zero-order valence-corrected chi connectivity index (χ0v) is 16.5. The molecule has 134 valence electrons. The van der Waals surface area contributed by atoms with Crippen LogP contribution in [0.25, 0.3) is 10.9 Å². The quantitative estimate of drug-likeness (QED) is 0.416. The monoisotopic (exact) mass is 470 g/mol. The number of pyridine rings is 2. The molecule has 6 nitrogen and oxygen atoms in total. The number of aryl methyl sites for hydroxylation is 1. The molecule has 0 radical (unpaired) electrons. The molecule has 0 saturated heterocycles. The summed E-state index contributed by atoms with van der Waals surface area (Å²) in [5.74, 6) is 0.891. The average Bonchev–Trinajstić information content (AvgIpc) is 3.08. The van der Waals surface area contributed by atoms with Crippen molar-refractivity contribution in [2.75, 3.05) is 5.32 Å². The molecule has 0 aliphatic heterocycles. The van der Waals surface area contributed by atoms with Gasteiger partial charge < -0.3 is 15.0 Å². The first-order valence-corrected chi connectivity index (χ1v) is 9.31. The lowest BCUT2D eigenvalue weighted by molar-refractivity contribution is 0.102. The predicted molar refractivity (Wildman–Crippen MR) is 112 cm³/mol. The number of carbonyl (C=O) groups is 1. The van der Waals surface area contributed by atoms with Crippen LogP contribution in [0.4, 0.5) is 5.69 Å². The summed E-state index contributed by atoms with van der Waals surface area (Å²) in [7, 11) is 0. The zero-order valence-electron chi connectivity index (χ0n) is 14.4. The maximum atomic E-state index is 12.6. The lowest BCUT2D eigenvalue weighted by Crippen LogP contribution is -2.11. The van der Waals surface area contributed by atoms with Gasteiger partial charge in [-0.25, -0.2) is 4.98 Å². The molecule has 0 saturated carbocycles. The number of ether oxygens (including phenoxy) is 1. The highest BCUT2D eigenvalue weighted by Crippen LogP contribution is 2.24. The third-order valence-electron chi connectivity index (χ3n) is 4.06. The summed E-state index contributed by atoms with van der Waals surface area (Å²) in [6.45, 7) is 1.87. The number of rotatable bonds is 4. The number of halogens is 1. The van der Waals surface area contributed by atoms with Crippen molar-refractivity contribution in [1.29, 1.82) is 0 Å². The molecule has 4 rings (SSSR count). The molecule has 1 aromatic carbocycles. The maximum Gasteiger partial charge on any atom is 0.257 e. The number of benzene rings is 1. The molecule has 0 atom stereocenters. The second kappa shape index (κ2) is 7.36. The minimum absolute atomic E-state index is 0.193. The Hall–Kier alpha value is -2.94. The van der Waals surface area contributed by atoms with Crippen molar-refractivity contribution in [1.82, 2.24) is 15.0 Å². The summed E-state index contributed by atoms with van der Waals surface area (Å²) in [6.07, 6.45) is 4.99. The standard InChI is InChI=1S/C20H15IN4O2/c1-12-18(3-2-8-22-12)27-19-7-5-14(10-24-19)25-20(26)16-11-23-17-6-4-13(21)9-15(16)17/h2-11,23H,1H3,(H,25,26). The number of aromatic amines is 1. The molecule has 3 heterocycles. The minimum atomic E-state index is -0.193. The van der Waals surface area contributed by atoms with Gasteiger partial charge in [0, 0.05) is 32.9 Å². The first-order chi connectivity index (χ1) is 13.1. The van der Waals surface area contributed by atoms with Gasteiger partial charge in [0.05, 0.1) is 23.1 Å². The predicted octanol–water partition coefficient (Wildman–Crippen LogP) is 4.92. The van der Waals surface area contributed by atoms with Gasteiger partial charge >= 0.3 is 0 Å². The van der Waals surface area contributed by atoms with E-state index in [9.17, 15) is 4.79 Å². The Morgan fingerprint density at radius 3 is 2.85 bits per heavy atom. The van der Waals surface area contributed by atoms with Crippen LogP contribution < -0.4 is 10.1 Å². The highest BCUT2D eigenvalue weighted by Gasteiger charge is 2.13. The van der Waals surface area contributed by atoms with E-state index in [1.807, 2.05) is 31.2 Å². The number of H-pyrrole nitrogens is 1. The Labute approximate surface area is 169 Å². The third-order valence-corrected chi connectivity index (χ3v) is 4.73. The molecule has 0 fully saturated rings. The van der Waals surface area contributed by atoms with Crippen LogP contribution in [0.15, 0.2) is 61.1 Å². The molecule has 27 heavy (non-hydrogen) atoms. The van der Waals surface area contributed by atoms with Crippen LogP contribution in [0.1, 0.15) is 16.1 Å². The average molecular weight is 470 g/mol. The molecule has 2 N–H and O–H groups in total. The molecule has 4 aromatic rings. The molecule has 0 bridgehead atoms. The van der Waals surface area contributed by atoms with Crippen LogP contribution in [0.5, 0.6) is 11.6 Å². The van der Waals surface area contributed by atoms with Gasteiger partial charge in [-0.1, -0.05) is 0 Å². The fourth-order valence-electron chi connectivity index (χ4n) is 2.68. The Balaban J connectivity index is 1.50. The first-order valence-electron chi connectivity index (χ1n) is 8.24. The van der Waals surface area contributed by atoms with E-state index in [4.69, 9.17) is 4.74 Å². The summed E-state index contributed by atoms with van der Waals surface area (Å²) in [6, 6.07) is 13.0. The second-order valence-corrected chi connectivity index (χ2v) is 7.17. The number of amides is 1. The molecule has 3 aromatic heterocycles. The van der Waals surface area contributed by atoms with Crippen molar-refractivity contribution in [3.8, 4) is 11.6 Å². The first kappa shape index (κ1) is 17.5. The number of fused-ring (bicyclic) bond motifs is 1. The number of nitrogens with zero attached hydrogens (tertiary/aromatic N) is 2. The van der Waals surface area contributed by atoms with E-state index in [0.717, 1.165) is 20.2 Å². The van der Waals surface area contributed by atoms with E-state index in [1.54, 1.807) is 36.8 Å². The molecular weight excluding hydrogens is 455 g/mol. The van der Waals surface area contributed by atoms with Crippen LogP contribution >= 0.6 is 22.6 Å². The van der Waals surface area contributed by atoms with Crippen LogP contribution in [0, 0.1) is 10.5 Å². The smallest absolute Gasteiger partial charge is 0.257 e. The van der Waals surface area contributed by atoms with Crippen molar-refractivity contribution in [2.24, 2.45) is 0 Å². The van der Waals surface area contributed by atoms with Crippen molar-refractivity contribution in [3.05, 3.63) is 75.9 Å². The van der Waals surface area contributed by atoms with E-state index in [0.29, 0.717) is 22.9 Å². The molecule has 0 unspecified atom stereocenters. The molecule has 7 heteroatoms. The van der Waals surface area contributed by atoms with Gasteiger partial charge in [-0.2, -0.15) is 0 Å². The Bertz CT molecular complexity index is 1120. The topological polar surface area (TPSA) is 79.9 Å².